The molecule has 0 aromatic rings. The summed E-state index contributed by atoms with van der Waals surface area (Å²) in [6.07, 6.45) is 2.14. The molecule has 0 N–H and O–H groups in total. The molecule has 4 nitrogen and oxygen atoms in total. The van der Waals surface area contributed by atoms with Crippen molar-refractivity contribution >= 4 is 5.97 Å². The lowest BCUT2D eigenvalue weighted by atomic mass is 10.0. The highest BCUT2D eigenvalue weighted by atomic mass is 16.5. The molecule has 4 heteroatoms. The van der Waals surface area contributed by atoms with Crippen LogP contribution in [0.15, 0.2) is 5.18 Å². The summed E-state index contributed by atoms with van der Waals surface area (Å²) in [7, 11) is 0. The zero-order valence-corrected chi connectivity index (χ0v) is 10.0. The Morgan fingerprint density at radius 3 is 2.20 bits per heavy atom. The first kappa shape index (κ1) is 14.1. The predicted octanol–water partition coefficient (Wildman–Crippen LogP) is 2.90. The van der Waals surface area contributed by atoms with Crippen molar-refractivity contribution in [3.63, 3.8) is 0 Å². The zero-order chi connectivity index (χ0) is 11.8. The van der Waals surface area contributed by atoms with Gasteiger partial charge in [-0.15, -0.1) is 4.91 Å². The molecule has 0 amide bonds. The highest BCUT2D eigenvalue weighted by Crippen LogP contribution is 2.12. The summed E-state index contributed by atoms with van der Waals surface area (Å²) in [5.41, 5.74) is 0. The number of nitroso groups, excluding NO2 is 1. The van der Waals surface area contributed by atoms with Gasteiger partial charge in [-0.25, -0.2) is 4.79 Å². The molecule has 1 unspecified atom stereocenters. The largest absolute Gasteiger partial charge is 0.461 e. The highest BCUT2D eigenvalue weighted by Gasteiger charge is 2.21. The van der Waals surface area contributed by atoms with E-state index in [1.165, 1.54) is 0 Å². The zero-order valence-electron chi connectivity index (χ0n) is 10.0. The van der Waals surface area contributed by atoms with Crippen LogP contribution >= 0.6 is 0 Å². The lowest BCUT2D eigenvalue weighted by Crippen LogP contribution is -2.24. The van der Waals surface area contributed by atoms with Gasteiger partial charge in [0.25, 0.3) is 0 Å². The smallest absolute Gasteiger partial charge is 0.334 e. The summed E-state index contributed by atoms with van der Waals surface area (Å²) in [4.78, 5) is 21.8. The van der Waals surface area contributed by atoms with Gasteiger partial charge in [-0.1, -0.05) is 31.9 Å². The molecule has 15 heavy (non-hydrogen) atoms. The molecular weight excluding hydrogens is 194 g/mol. The number of rotatable bonds is 7. The SMILES string of the molecule is CC(C)CCCC(N=O)C(=O)OC(C)C. The fraction of sp³-hybridized carbons (Fsp3) is 0.909. The van der Waals surface area contributed by atoms with Crippen LogP contribution in [-0.2, 0) is 9.53 Å². The van der Waals surface area contributed by atoms with Crippen LogP contribution < -0.4 is 0 Å². The number of carbonyl (C=O) groups is 1. The van der Waals surface area contributed by atoms with E-state index in [9.17, 15) is 9.70 Å². The normalized spacial score (nSPS) is 12.9. The maximum absolute atomic E-state index is 11.3. The van der Waals surface area contributed by atoms with Crippen molar-refractivity contribution in [3.8, 4) is 0 Å². The number of nitrogens with zero attached hydrogens (tertiary/aromatic N) is 1. The molecule has 0 saturated heterocycles. The summed E-state index contributed by atoms with van der Waals surface area (Å²) in [6, 6.07) is -0.828. The summed E-state index contributed by atoms with van der Waals surface area (Å²) >= 11 is 0. The van der Waals surface area contributed by atoms with E-state index in [2.05, 4.69) is 19.0 Å². The predicted molar refractivity (Wildman–Crippen MR) is 59.5 cm³/mol. The number of carbonyl (C=O) groups excluding carboxylic acids is 1. The van der Waals surface area contributed by atoms with Crippen molar-refractivity contribution in [2.45, 2.75) is 59.1 Å². The van der Waals surface area contributed by atoms with Crippen molar-refractivity contribution in [2.75, 3.05) is 0 Å². The third-order valence-corrected chi connectivity index (χ3v) is 2.01. The van der Waals surface area contributed by atoms with Crippen molar-refractivity contribution in [2.24, 2.45) is 11.1 Å². The first-order chi connectivity index (χ1) is 6.97. The minimum atomic E-state index is -0.828. The van der Waals surface area contributed by atoms with Gasteiger partial charge >= 0.3 is 5.97 Å². The maximum Gasteiger partial charge on any atom is 0.334 e. The number of esters is 1. The van der Waals surface area contributed by atoms with E-state index >= 15 is 0 Å². The molecule has 88 valence electrons. The third-order valence-electron chi connectivity index (χ3n) is 2.01. The molecule has 0 aromatic carbocycles. The molecule has 0 radical (unpaired) electrons. The standard InChI is InChI=1S/C11H21NO3/c1-8(2)6-5-7-10(12-14)11(13)15-9(3)4/h8-10H,5-7H2,1-4H3. The molecule has 0 aliphatic heterocycles. The van der Waals surface area contributed by atoms with E-state index in [4.69, 9.17) is 4.74 Å². The highest BCUT2D eigenvalue weighted by molar-refractivity contribution is 5.76. The summed E-state index contributed by atoms with van der Waals surface area (Å²) in [5, 5.41) is 2.81. The monoisotopic (exact) mass is 215 g/mol. The second-order valence-electron chi connectivity index (χ2n) is 4.43. The van der Waals surface area contributed by atoms with Crippen molar-refractivity contribution in [1.29, 1.82) is 0 Å². The fourth-order valence-corrected chi connectivity index (χ4v) is 1.24. The number of ether oxygens (including phenoxy) is 1. The van der Waals surface area contributed by atoms with Crippen LogP contribution in [-0.4, -0.2) is 18.1 Å². The van der Waals surface area contributed by atoms with E-state index in [1.807, 2.05) is 0 Å². The van der Waals surface area contributed by atoms with Crippen LogP contribution in [0.2, 0.25) is 0 Å². The topological polar surface area (TPSA) is 55.7 Å². The third kappa shape index (κ3) is 7.05. The average Bonchev–Trinajstić information content (AvgIpc) is 2.10. The maximum atomic E-state index is 11.3. The van der Waals surface area contributed by atoms with E-state index in [1.54, 1.807) is 13.8 Å². The molecule has 0 aromatic heterocycles. The Kier molecular flexibility index (Phi) is 6.92. The first-order valence-corrected chi connectivity index (χ1v) is 5.50. The van der Waals surface area contributed by atoms with Gasteiger partial charge in [0, 0.05) is 0 Å². The second-order valence-corrected chi connectivity index (χ2v) is 4.43. The Balaban J connectivity index is 3.91. The molecule has 0 rings (SSSR count). The van der Waals surface area contributed by atoms with Crippen LogP contribution in [0.3, 0.4) is 0 Å². The van der Waals surface area contributed by atoms with Crippen LogP contribution in [0.25, 0.3) is 0 Å². The van der Waals surface area contributed by atoms with Crippen molar-refractivity contribution in [1.82, 2.24) is 0 Å². The molecule has 0 saturated carbocycles. The molecular formula is C11H21NO3. The summed E-state index contributed by atoms with van der Waals surface area (Å²) in [5.74, 6) is 0.0853. The number of hydrogen-bond donors (Lipinski definition) is 0. The molecule has 0 fully saturated rings. The molecule has 0 heterocycles. The first-order valence-electron chi connectivity index (χ1n) is 5.50. The van der Waals surface area contributed by atoms with Gasteiger partial charge < -0.3 is 4.74 Å². The Labute approximate surface area is 91.4 Å². The molecule has 0 bridgehead atoms. The Hall–Kier alpha value is -0.930. The van der Waals surface area contributed by atoms with E-state index < -0.39 is 12.0 Å². The van der Waals surface area contributed by atoms with Gasteiger partial charge in [-0.05, 0) is 26.2 Å². The fourth-order valence-electron chi connectivity index (χ4n) is 1.24. The van der Waals surface area contributed by atoms with Crippen LogP contribution in [0.4, 0.5) is 0 Å². The Bertz CT molecular complexity index is 202. The minimum absolute atomic E-state index is 0.188. The average molecular weight is 215 g/mol. The van der Waals surface area contributed by atoms with E-state index in [-0.39, 0.29) is 6.10 Å². The van der Waals surface area contributed by atoms with Gasteiger partial charge in [-0.2, -0.15) is 0 Å². The minimum Gasteiger partial charge on any atom is -0.461 e. The number of hydrogen-bond acceptors (Lipinski definition) is 4. The van der Waals surface area contributed by atoms with Gasteiger partial charge in [0.15, 0.2) is 6.04 Å². The second kappa shape index (κ2) is 7.37. The van der Waals surface area contributed by atoms with Crippen LogP contribution in [0.1, 0.15) is 47.0 Å². The Morgan fingerprint density at radius 2 is 1.80 bits per heavy atom. The molecule has 0 aliphatic carbocycles. The van der Waals surface area contributed by atoms with Crippen molar-refractivity contribution in [3.05, 3.63) is 4.91 Å². The quantitative estimate of drug-likeness (QED) is 0.484. The van der Waals surface area contributed by atoms with Gasteiger partial charge in [-0.3, -0.25) is 0 Å². The molecule has 0 spiro atoms. The lowest BCUT2D eigenvalue weighted by Gasteiger charge is -2.12. The Morgan fingerprint density at radius 1 is 1.20 bits per heavy atom. The van der Waals surface area contributed by atoms with Gasteiger partial charge in [0.1, 0.15) is 0 Å². The van der Waals surface area contributed by atoms with Crippen molar-refractivity contribution < 1.29 is 9.53 Å². The lowest BCUT2D eigenvalue weighted by molar-refractivity contribution is -0.149. The van der Waals surface area contributed by atoms with Gasteiger partial charge in [0.05, 0.1) is 6.10 Å². The van der Waals surface area contributed by atoms with Gasteiger partial charge in [0.2, 0.25) is 0 Å². The summed E-state index contributed by atoms with van der Waals surface area (Å²) in [6.45, 7) is 7.73. The molecule has 1 atom stereocenters. The van der Waals surface area contributed by atoms with Crippen LogP contribution in [0, 0.1) is 10.8 Å². The van der Waals surface area contributed by atoms with E-state index in [0.29, 0.717) is 12.3 Å². The summed E-state index contributed by atoms with van der Waals surface area (Å²) < 4.78 is 4.93. The molecule has 0 aliphatic rings. The van der Waals surface area contributed by atoms with E-state index in [0.717, 1.165) is 12.8 Å². The van der Waals surface area contributed by atoms with Crippen LogP contribution in [0.5, 0.6) is 0 Å².